The summed E-state index contributed by atoms with van der Waals surface area (Å²) in [7, 11) is 3.17. The van der Waals surface area contributed by atoms with E-state index in [1.165, 1.54) is 31.9 Å². The lowest BCUT2D eigenvalue weighted by molar-refractivity contribution is -0.125. The van der Waals surface area contributed by atoms with Crippen LogP contribution in [0.2, 0.25) is 0 Å². The van der Waals surface area contributed by atoms with E-state index in [0.29, 0.717) is 29.5 Å². The molecule has 4 rings (SSSR count). The van der Waals surface area contributed by atoms with Gasteiger partial charge in [0.2, 0.25) is 0 Å². The van der Waals surface area contributed by atoms with Crippen LogP contribution in [0.4, 0.5) is 0 Å². The van der Waals surface area contributed by atoms with Gasteiger partial charge in [-0.2, -0.15) is 5.10 Å². The Bertz CT molecular complexity index is 972. The first-order chi connectivity index (χ1) is 15.5. The summed E-state index contributed by atoms with van der Waals surface area (Å²) in [4.78, 5) is 24.6. The summed E-state index contributed by atoms with van der Waals surface area (Å²) in [5.74, 6) is 2.56. The van der Waals surface area contributed by atoms with E-state index >= 15 is 0 Å². The second-order valence-corrected chi connectivity index (χ2v) is 8.89. The largest absolute Gasteiger partial charge is 0.493 e. The van der Waals surface area contributed by atoms with Gasteiger partial charge in [-0.1, -0.05) is 12.5 Å². The average molecular weight is 442 g/mol. The first-order valence-electron chi connectivity index (χ1n) is 11.2. The molecule has 8 heteroatoms. The molecule has 4 unspecified atom stereocenters. The number of hydrogen-bond acceptors (Lipinski definition) is 6. The number of carbonyl (C=O) groups excluding carboxylic acids is 2. The van der Waals surface area contributed by atoms with Crippen molar-refractivity contribution >= 4 is 11.9 Å². The number of ether oxygens (including phenoxy) is 3. The van der Waals surface area contributed by atoms with E-state index < -0.39 is 5.97 Å². The molecule has 8 nitrogen and oxygen atoms in total. The highest BCUT2D eigenvalue weighted by Crippen LogP contribution is 2.49. The van der Waals surface area contributed by atoms with Crippen molar-refractivity contribution in [2.45, 2.75) is 45.2 Å². The summed E-state index contributed by atoms with van der Waals surface area (Å²) in [5, 5.41) is 7.24. The van der Waals surface area contributed by atoms with Crippen molar-refractivity contribution in [1.29, 1.82) is 0 Å². The summed E-state index contributed by atoms with van der Waals surface area (Å²) < 4.78 is 17.4. The Morgan fingerprint density at radius 1 is 1.19 bits per heavy atom. The maximum Gasteiger partial charge on any atom is 0.341 e. The summed E-state index contributed by atoms with van der Waals surface area (Å²) >= 11 is 0. The molecule has 0 spiro atoms. The minimum atomic E-state index is -0.564. The Labute approximate surface area is 188 Å². The van der Waals surface area contributed by atoms with Crippen LogP contribution < -0.4 is 14.8 Å². The highest BCUT2D eigenvalue weighted by atomic mass is 16.5. The minimum Gasteiger partial charge on any atom is -0.493 e. The molecule has 2 aliphatic rings. The Morgan fingerprint density at radius 3 is 2.69 bits per heavy atom. The fourth-order valence-electron chi connectivity index (χ4n) is 5.24. The molecule has 2 fully saturated rings. The van der Waals surface area contributed by atoms with Gasteiger partial charge in [0.25, 0.3) is 5.91 Å². The van der Waals surface area contributed by atoms with Gasteiger partial charge in [0.1, 0.15) is 0 Å². The number of rotatable bonds is 9. The van der Waals surface area contributed by atoms with Crippen LogP contribution in [0.5, 0.6) is 11.5 Å². The number of aromatic nitrogens is 2. The predicted molar refractivity (Wildman–Crippen MR) is 118 cm³/mol. The van der Waals surface area contributed by atoms with Gasteiger partial charge in [-0.15, -0.1) is 0 Å². The molecule has 172 valence electrons. The minimum absolute atomic E-state index is 0.112. The van der Waals surface area contributed by atoms with Crippen molar-refractivity contribution in [2.24, 2.45) is 17.8 Å². The van der Waals surface area contributed by atoms with Gasteiger partial charge in [-0.3, -0.25) is 9.48 Å². The second-order valence-electron chi connectivity index (χ2n) is 8.89. The average Bonchev–Trinajstić information content (AvgIpc) is 3.55. The van der Waals surface area contributed by atoms with Crippen LogP contribution in [0.1, 0.15) is 48.5 Å². The van der Waals surface area contributed by atoms with Gasteiger partial charge < -0.3 is 19.5 Å². The van der Waals surface area contributed by atoms with Crippen molar-refractivity contribution in [2.75, 3.05) is 20.8 Å². The molecule has 1 heterocycles. The van der Waals surface area contributed by atoms with E-state index in [2.05, 4.69) is 17.3 Å². The van der Waals surface area contributed by atoms with E-state index in [4.69, 9.17) is 14.2 Å². The summed E-state index contributed by atoms with van der Waals surface area (Å²) in [5.41, 5.74) is 1.25. The Morgan fingerprint density at radius 2 is 2.00 bits per heavy atom. The lowest BCUT2D eigenvalue weighted by atomic mass is 9.84. The number of carbonyl (C=O) groups is 2. The van der Waals surface area contributed by atoms with Crippen molar-refractivity contribution < 1.29 is 23.8 Å². The standard InChI is InChI=1S/C24H31N3O5/c1-15(20-9-16-4-6-18(20)8-16)26-23(28)14-32-24(29)19-11-25-27(13-19)12-17-5-7-21(30-2)22(10-17)31-3/h5,7,10-11,13,15-16,18,20H,4,6,8-9,12,14H2,1-3H3,(H,26,28). The van der Waals surface area contributed by atoms with Crippen LogP contribution in [-0.4, -0.2) is 48.5 Å². The number of benzene rings is 1. The van der Waals surface area contributed by atoms with E-state index in [1.807, 2.05) is 18.2 Å². The highest BCUT2D eigenvalue weighted by Gasteiger charge is 2.42. The normalized spacial score (nSPS) is 22.4. The topological polar surface area (TPSA) is 91.7 Å². The van der Waals surface area contributed by atoms with Crippen LogP contribution in [0.3, 0.4) is 0 Å². The third kappa shape index (κ3) is 4.89. The fraction of sp³-hybridized carbons (Fsp3) is 0.542. The molecule has 4 atom stereocenters. The van der Waals surface area contributed by atoms with E-state index in [9.17, 15) is 9.59 Å². The molecule has 0 saturated heterocycles. The Kier molecular flexibility index (Phi) is 6.67. The smallest absolute Gasteiger partial charge is 0.341 e. The van der Waals surface area contributed by atoms with Gasteiger partial charge in [0.15, 0.2) is 18.1 Å². The zero-order valence-corrected chi connectivity index (χ0v) is 18.9. The molecule has 1 N–H and O–H groups in total. The molecule has 0 radical (unpaired) electrons. The van der Waals surface area contributed by atoms with Crippen molar-refractivity contribution in [3.8, 4) is 11.5 Å². The molecule has 2 aromatic rings. The van der Waals surface area contributed by atoms with E-state index in [-0.39, 0.29) is 18.6 Å². The van der Waals surface area contributed by atoms with E-state index in [1.54, 1.807) is 25.1 Å². The maximum atomic E-state index is 12.4. The molecular weight excluding hydrogens is 410 g/mol. The van der Waals surface area contributed by atoms with Gasteiger partial charge in [0.05, 0.1) is 32.5 Å². The first kappa shape index (κ1) is 22.2. The quantitative estimate of drug-likeness (QED) is 0.602. The van der Waals surface area contributed by atoms with Crippen molar-refractivity contribution in [3.05, 3.63) is 41.7 Å². The van der Waals surface area contributed by atoms with Crippen molar-refractivity contribution in [3.63, 3.8) is 0 Å². The lowest BCUT2D eigenvalue weighted by Gasteiger charge is -2.28. The monoisotopic (exact) mass is 441 g/mol. The number of nitrogens with one attached hydrogen (secondary N) is 1. The number of esters is 1. The van der Waals surface area contributed by atoms with Gasteiger partial charge in [0, 0.05) is 12.2 Å². The fourth-order valence-corrected chi connectivity index (χ4v) is 5.24. The van der Waals surface area contributed by atoms with Gasteiger partial charge in [-0.05, 0) is 61.6 Å². The summed E-state index contributed by atoms with van der Waals surface area (Å²) in [6.07, 6.45) is 8.16. The van der Waals surface area contributed by atoms with Crippen molar-refractivity contribution in [1.82, 2.24) is 15.1 Å². The van der Waals surface area contributed by atoms with Gasteiger partial charge in [-0.25, -0.2) is 4.79 Å². The molecular formula is C24H31N3O5. The molecule has 0 aliphatic heterocycles. The Balaban J connectivity index is 1.26. The summed E-state index contributed by atoms with van der Waals surface area (Å²) in [6, 6.07) is 5.70. The Hall–Kier alpha value is -3.03. The number of fused-ring (bicyclic) bond motifs is 2. The molecule has 2 aliphatic carbocycles. The SMILES string of the molecule is COc1ccc(Cn2cc(C(=O)OCC(=O)NC(C)C3CC4CCC3C4)cn2)cc1OC. The van der Waals surface area contributed by atoms with Crippen LogP contribution in [0.15, 0.2) is 30.6 Å². The van der Waals surface area contributed by atoms with Crippen LogP contribution in [0.25, 0.3) is 0 Å². The number of methoxy groups -OCH3 is 2. The lowest BCUT2D eigenvalue weighted by Crippen LogP contribution is -2.42. The second kappa shape index (κ2) is 9.63. The van der Waals surface area contributed by atoms with Gasteiger partial charge >= 0.3 is 5.97 Å². The first-order valence-corrected chi connectivity index (χ1v) is 11.2. The van der Waals surface area contributed by atoms with E-state index in [0.717, 1.165) is 17.4 Å². The van der Waals surface area contributed by atoms with Crippen LogP contribution >= 0.6 is 0 Å². The van der Waals surface area contributed by atoms with Crippen LogP contribution in [0, 0.1) is 17.8 Å². The zero-order chi connectivity index (χ0) is 22.7. The number of hydrogen-bond donors (Lipinski definition) is 1. The predicted octanol–water partition coefficient (Wildman–Crippen LogP) is 3.05. The molecule has 1 aromatic heterocycles. The number of amides is 1. The van der Waals surface area contributed by atoms with Crippen LogP contribution in [-0.2, 0) is 16.1 Å². The molecule has 1 aromatic carbocycles. The molecule has 32 heavy (non-hydrogen) atoms. The maximum absolute atomic E-state index is 12.4. The highest BCUT2D eigenvalue weighted by molar-refractivity contribution is 5.90. The third-order valence-corrected chi connectivity index (χ3v) is 6.82. The number of nitrogens with zero attached hydrogens (tertiary/aromatic N) is 2. The molecule has 2 bridgehead atoms. The zero-order valence-electron chi connectivity index (χ0n) is 18.9. The third-order valence-electron chi connectivity index (χ3n) is 6.82. The molecule has 2 saturated carbocycles. The molecule has 1 amide bonds. The summed E-state index contributed by atoms with van der Waals surface area (Å²) in [6.45, 7) is 2.23.